The number of benzene rings is 2. The zero-order valence-corrected chi connectivity index (χ0v) is 17.0. The molecule has 0 radical (unpaired) electrons. The lowest BCUT2D eigenvalue weighted by molar-refractivity contribution is -0.123. The zero-order chi connectivity index (χ0) is 19.9. The van der Waals surface area contributed by atoms with Gasteiger partial charge in [-0.25, -0.2) is 8.42 Å². The first-order valence-corrected chi connectivity index (χ1v) is 11.2. The minimum atomic E-state index is -3.23. The van der Waals surface area contributed by atoms with E-state index in [4.69, 9.17) is 16.3 Å². The largest absolute Gasteiger partial charge is 0.495 e. The van der Waals surface area contributed by atoms with E-state index in [1.807, 2.05) is 35.2 Å². The molecule has 0 spiro atoms. The van der Waals surface area contributed by atoms with Crippen molar-refractivity contribution in [1.82, 2.24) is 4.90 Å². The van der Waals surface area contributed by atoms with E-state index in [0.717, 1.165) is 5.56 Å². The number of rotatable bonds is 4. The molecule has 148 valence electrons. The van der Waals surface area contributed by atoms with Crippen LogP contribution >= 0.6 is 11.6 Å². The summed E-state index contributed by atoms with van der Waals surface area (Å²) >= 11 is 6.24. The first-order chi connectivity index (χ1) is 13.4. The molecule has 2 aromatic carbocycles. The molecule has 6 nitrogen and oxygen atoms in total. The number of sulfone groups is 1. The molecule has 0 bridgehead atoms. The van der Waals surface area contributed by atoms with Gasteiger partial charge in [-0.2, -0.15) is 0 Å². The van der Waals surface area contributed by atoms with E-state index in [1.54, 1.807) is 23.1 Å². The smallest absolute Gasteiger partial charge is 0.241 e. The third-order valence-electron chi connectivity index (χ3n) is 5.34. The van der Waals surface area contributed by atoms with E-state index in [9.17, 15) is 13.2 Å². The Labute approximate surface area is 169 Å². The highest BCUT2D eigenvalue weighted by atomic mass is 35.5. The van der Waals surface area contributed by atoms with Crippen molar-refractivity contribution >= 4 is 33.0 Å². The Hall–Kier alpha value is -2.09. The summed E-state index contributed by atoms with van der Waals surface area (Å²) < 4.78 is 30.0. The lowest BCUT2D eigenvalue weighted by atomic mass is 10.0. The molecule has 2 fully saturated rings. The van der Waals surface area contributed by atoms with E-state index in [-0.39, 0.29) is 30.0 Å². The number of nitrogens with zero attached hydrogens (tertiary/aromatic N) is 2. The van der Waals surface area contributed by atoms with Crippen molar-refractivity contribution in [1.29, 1.82) is 0 Å². The number of piperazine rings is 1. The number of anilines is 1. The van der Waals surface area contributed by atoms with Crippen LogP contribution in [0.5, 0.6) is 5.75 Å². The molecular formula is C20H21ClN2O4S. The second-order valence-electron chi connectivity index (χ2n) is 7.18. The molecule has 0 N–H and O–H groups in total. The van der Waals surface area contributed by atoms with Gasteiger partial charge in [0.2, 0.25) is 5.91 Å². The van der Waals surface area contributed by atoms with Crippen LogP contribution in [-0.2, 0) is 21.2 Å². The molecule has 0 saturated carbocycles. The molecule has 28 heavy (non-hydrogen) atoms. The van der Waals surface area contributed by atoms with Crippen LogP contribution in [0.1, 0.15) is 5.56 Å². The van der Waals surface area contributed by atoms with Gasteiger partial charge in [0.25, 0.3) is 0 Å². The Bertz CT molecular complexity index is 997. The van der Waals surface area contributed by atoms with Gasteiger partial charge in [-0.3, -0.25) is 9.69 Å². The quantitative estimate of drug-likeness (QED) is 0.759. The van der Waals surface area contributed by atoms with Gasteiger partial charge in [-0.15, -0.1) is 0 Å². The van der Waals surface area contributed by atoms with Crippen LogP contribution in [0.25, 0.3) is 0 Å². The number of amides is 1. The molecule has 8 heteroatoms. The number of carbonyl (C=O) groups is 1. The predicted molar refractivity (Wildman–Crippen MR) is 109 cm³/mol. The van der Waals surface area contributed by atoms with Crippen LogP contribution in [0.3, 0.4) is 0 Å². The van der Waals surface area contributed by atoms with Crippen LogP contribution < -0.4 is 9.64 Å². The summed E-state index contributed by atoms with van der Waals surface area (Å²) in [6, 6.07) is 14.2. The highest BCUT2D eigenvalue weighted by Crippen LogP contribution is 2.35. The van der Waals surface area contributed by atoms with Gasteiger partial charge < -0.3 is 9.64 Å². The minimum Gasteiger partial charge on any atom is -0.495 e. The van der Waals surface area contributed by atoms with Crippen molar-refractivity contribution in [2.24, 2.45) is 0 Å². The van der Waals surface area contributed by atoms with Gasteiger partial charge in [0, 0.05) is 18.3 Å². The van der Waals surface area contributed by atoms with Crippen LogP contribution in [0.2, 0.25) is 5.02 Å². The minimum absolute atomic E-state index is 0.0433. The first kappa shape index (κ1) is 19.2. The highest BCUT2D eigenvalue weighted by molar-refractivity contribution is 7.91. The van der Waals surface area contributed by atoms with E-state index in [1.165, 1.54) is 7.11 Å². The number of fused-ring (bicyclic) bond motifs is 1. The maximum absolute atomic E-state index is 13.0. The van der Waals surface area contributed by atoms with Gasteiger partial charge in [-0.1, -0.05) is 41.9 Å². The molecule has 0 unspecified atom stereocenters. The van der Waals surface area contributed by atoms with Crippen molar-refractivity contribution in [3.05, 3.63) is 59.1 Å². The molecule has 2 aromatic rings. The summed E-state index contributed by atoms with van der Waals surface area (Å²) in [5.41, 5.74) is 1.65. The fourth-order valence-electron chi connectivity index (χ4n) is 4.09. The average molecular weight is 421 g/mol. The maximum atomic E-state index is 13.0. The van der Waals surface area contributed by atoms with E-state index in [2.05, 4.69) is 0 Å². The molecule has 0 aliphatic carbocycles. The first-order valence-electron chi connectivity index (χ1n) is 9.02. The SMILES string of the molecule is COc1ccc(N2C(=O)CN(Cc3ccccc3)[C@H]3CS(=O)(=O)C[C@@H]32)cc1Cl. The van der Waals surface area contributed by atoms with Crippen LogP contribution in [-0.4, -0.2) is 56.5 Å². The molecule has 2 aliphatic rings. The Kier molecular flexibility index (Phi) is 5.07. The van der Waals surface area contributed by atoms with Crippen LogP contribution in [0, 0.1) is 0 Å². The molecule has 4 rings (SSSR count). The van der Waals surface area contributed by atoms with Gasteiger partial charge in [0.1, 0.15) is 5.75 Å². The number of hydrogen-bond acceptors (Lipinski definition) is 5. The number of carbonyl (C=O) groups excluding carboxylic acids is 1. The van der Waals surface area contributed by atoms with Crippen molar-refractivity contribution in [2.75, 3.05) is 30.1 Å². The molecule has 2 atom stereocenters. The Balaban J connectivity index is 1.67. The van der Waals surface area contributed by atoms with E-state index in [0.29, 0.717) is 23.0 Å². The summed E-state index contributed by atoms with van der Waals surface area (Å²) in [7, 11) is -1.71. The Morgan fingerprint density at radius 3 is 2.50 bits per heavy atom. The molecule has 1 amide bonds. The Morgan fingerprint density at radius 1 is 1.11 bits per heavy atom. The number of hydrogen-bond donors (Lipinski definition) is 0. The summed E-state index contributed by atoms with van der Waals surface area (Å²) in [4.78, 5) is 16.6. The zero-order valence-electron chi connectivity index (χ0n) is 15.4. The van der Waals surface area contributed by atoms with Crippen molar-refractivity contribution in [2.45, 2.75) is 18.6 Å². The summed E-state index contributed by atoms with van der Waals surface area (Å²) in [5, 5.41) is 0.386. The molecule has 2 aliphatic heterocycles. The number of halogens is 1. The third kappa shape index (κ3) is 3.62. The maximum Gasteiger partial charge on any atom is 0.241 e. The fourth-order valence-corrected chi connectivity index (χ4v) is 6.32. The monoisotopic (exact) mass is 420 g/mol. The highest BCUT2D eigenvalue weighted by Gasteiger charge is 2.49. The van der Waals surface area contributed by atoms with Crippen LogP contribution in [0.15, 0.2) is 48.5 Å². The normalized spacial score (nSPS) is 24.2. The molecule has 0 aromatic heterocycles. The topological polar surface area (TPSA) is 66.9 Å². The summed E-state index contributed by atoms with van der Waals surface area (Å²) in [5.74, 6) is 0.392. The summed E-state index contributed by atoms with van der Waals surface area (Å²) in [6.07, 6.45) is 0. The van der Waals surface area contributed by atoms with Crippen LogP contribution in [0.4, 0.5) is 5.69 Å². The van der Waals surface area contributed by atoms with Crippen molar-refractivity contribution in [3.63, 3.8) is 0 Å². The third-order valence-corrected chi connectivity index (χ3v) is 7.34. The fraction of sp³-hybridized carbons (Fsp3) is 0.350. The standard InChI is InChI=1S/C20H21ClN2O4S/c1-27-19-8-7-15(9-16(19)21)23-18-13-28(25,26)12-17(18)22(11-20(23)24)10-14-5-3-2-4-6-14/h2-9,17-18H,10-13H2,1H3/t17-,18-/m0/s1. The Morgan fingerprint density at radius 2 is 1.82 bits per heavy atom. The van der Waals surface area contributed by atoms with Crippen molar-refractivity contribution in [3.8, 4) is 5.75 Å². The molecular weight excluding hydrogens is 400 g/mol. The predicted octanol–water partition coefficient (Wildman–Crippen LogP) is 2.36. The van der Waals surface area contributed by atoms with Crippen molar-refractivity contribution < 1.29 is 17.9 Å². The molecule has 2 heterocycles. The lowest BCUT2D eigenvalue weighted by Gasteiger charge is -2.43. The van der Waals surface area contributed by atoms with Gasteiger partial charge in [0.15, 0.2) is 9.84 Å². The number of methoxy groups -OCH3 is 1. The van der Waals surface area contributed by atoms with E-state index >= 15 is 0 Å². The molecule has 2 saturated heterocycles. The van der Waals surface area contributed by atoms with Gasteiger partial charge >= 0.3 is 0 Å². The van der Waals surface area contributed by atoms with Gasteiger partial charge in [-0.05, 0) is 23.8 Å². The lowest BCUT2D eigenvalue weighted by Crippen LogP contribution is -2.61. The van der Waals surface area contributed by atoms with E-state index < -0.39 is 15.9 Å². The average Bonchev–Trinajstić information content (AvgIpc) is 2.98. The second kappa shape index (κ2) is 7.39. The van der Waals surface area contributed by atoms with Gasteiger partial charge in [0.05, 0.1) is 36.2 Å². The summed E-state index contributed by atoms with van der Waals surface area (Å²) in [6.45, 7) is 0.704. The number of ether oxygens (including phenoxy) is 1. The second-order valence-corrected chi connectivity index (χ2v) is 9.75.